The molecule has 0 heterocycles. The molecule has 1 unspecified atom stereocenters. The molecular formula is C14H12ClF2NO. The van der Waals surface area contributed by atoms with Gasteiger partial charge in [0.1, 0.15) is 23.1 Å². The van der Waals surface area contributed by atoms with Crippen LogP contribution in [0, 0.1) is 11.6 Å². The summed E-state index contributed by atoms with van der Waals surface area (Å²) in [7, 11) is 0. The molecule has 2 aromatic carbocycles. The van der Waals surface area contributed by atoms with Crippen molar-refractivity contribution in [2.24, 2.45) is 5.73 Å². The van der Waals surface area contributed by atoms with E-state index in [0.717, 1.165) is 6.07 Å². The van der Waals surface area contributed by atoms with Crippen molar-refractivity contribution < 1.29 is 13.5 Å². The lowest BCUT2D eigenvalue weighted by Crippen LogP contribution is -2.07. The van der Waals surface area contributed by atoms with Gasteiger partial charge in [-0.1, -0.05) is 11.6 Å². The predicted octanol–water partition coefficient (Wildman–Crippen LogP) is 4.43. The van der Waals surface area contributed by atoms with Gasteiger partial charge in [0.25, 0.3) is 0 Å². The van der Waals surface area contributed by atoms with Gasteiger partial charge in [-0.3, -0.25) is 0 Å². The molecule has 0 radical (unpaired) electrons. The first-order valence-electron chi connectivity index (χ1n) is 5.65. The van der Waals surface area contributed by atoms with Gasteiger partial charge in [-0.25, -0.2) is 8.78 Å². The minimum atomic E-state index is -0.580. The summed E-state index contributed by atoms with van der Waals surface area (Å²) in [6.45, 7) is 1.71. The second-order valence-electron chi connectivity index (χ2n) is 4.15. The molecule has 2 nitrogen and oxygen atoms in total. The normalized spacial score (nSPS) is 12.3. The van der Waals surface area contributed by atoms with Crippen molar-refractivity contribution in [2.45, 2.75) is 13.0 Å². The van der Waals surface area contributed by atoms with E-state index in [1.165, 1.54) is 30.3 Å². The Morgan fingerprint density at radius 3 is 2.53 bits per heavy atom. The smallest absolute Gasteiger partial charge is 0.145 e. The van der Waals surface area contributed by atoms with Crippen LogP contribution in [0.25, 0.3) is 0 Å². The average molecular weight is 284 g/mol. The lowest BCUT2D eigenvalue weighted by molar-refractivity contribution is 0.464. The molecule has 0 spiro atoms. The molecule has 0 saturated carbocycles. The Labute approximate surface area is 114 Å². The van der Waals surface area contributed by atoms with E-state index in [1.54, 1.807) is 6.92 Å². The second-order valence-corrected chi connectivity index (χ2v) is 4.56. The lowest BCUT2D eigenvalue weighted by Gasteiger charge is -2.14. The van der Waals surface area contributed by atoms with Crippen molar-refractivity contribution in [3.05, 3.63) is 58.6 Å². The van der Waals surface area contributed by atoms with Crippen LogP contribution in [0.2, 0.25) is 5.02 Å². The van der Waals surface area contributed by atoms with Crippen LogP contribution < -0.4 is 10.5 Å². The van der Waals surface area contributed by atoms with E-state index >= 15 is 0 Å². The van der Waals surface area contributed by atoms with Crippen molar-refractivity contribution in [3.8, 4) is 11.5 Å². The Hall–Kier alpha value is -1.65. The van der Waals surface area contributed by atoms with Crippen LogP contribution in [0.4, 0.5) is 8.78 Å². The third-order valence-electron chi connectivity index (χ3n) is 2.58. The molecule has 2 rings (SSSR count). The fourth-order valence-corrected chi connectivity index (χ4v) is 1.75. The highest BCUT2D eigenvalue weighted by molar-refractivity contribution is 6.30. The zero-order chi connectivity index (χ0) is 14.0. The van der Waals surface area contributed by atoms with E-state index in [2.05, 4.69) is 0 Å². The van der Waals surface area contributed by atoms with Crippen molar-refractivity contribution in [3.63, 3.8) is 0 Å². The highest BCUT2D eigenvalue weighted by Gasteiger charge is 2.11. The summed E-state index contributed by atoms with van der Waals surface area (Å²) in [6.07, 6.45) is 0. The average Bonchev–Trinajstić information content (AvgIpc) is 2.36. The maximum absolute atomic E-state index is 13.3. The molecule has 0 aliphatic rings. The number of halogens is 3. The fourth-order valence-electron chi connectivity index (χ4n) is 1.64. The molecule has 1 atom stereocenters. The fraction of sp³-hybridized carbons (Fsp3) is 0.143. The number of rotatable bonds is 3. The SMILES string of the molecule is CC(N)c1cc(F)ccc1Oc1ccc(Cl)c(F)c1. The van der Waals surface area contributed by atoms with Gasteiger partial charge in [0, 0.05) is 17.7 Å². The molecule has 0 fully saturated rings. The maximum atomic E-state index is 13.3. The van der Waals surface area contributed by atoms with Crippen LogP contribution in [-0.4, -0.2) is 0 Å². The Balaban J connectivity index is 2.35. The van der Waals surface area contributed by atoms with Crippen LogP contribution >= 0.6 is 11.6 Å². The molecule has 100 valence electrons. The van der Waals surface area contributed by atoms with Crippen LogP contribution in [0.5, 0.6) is 11.5 Å². The molecule has 0 aliphatic heterocycles. The molecule has 5 heteroatoms. The highest BCUT2D eigenvalue weighted by Crippen LogP contribution is 2.30. The first-order chi connectivity index (χ1) is 8.97. The van der Waals surface area contributed by atoms with Crippen molar-refractivity contribution in [1.29, 1.82) is 0 Å². The minimum Gasteiger partial charge on any atom is -0.457 e. The Morgan fingerprint density at radius 2 is 1.89 bits per heavy atom. The molecule has 0 saturated heterocycles. The van der Waals surface area contributed by atoms with Crippen LogP contribution in [0.3, 0.4) is 0 Å². The van der Waals surface area contributed by atoms with Crippen LogP contribution in [-0.2, 0) is 0 Å². The molecule has 0 bridgehead atoms. The predicted molar refractivity (Wildman–Crippen MR) is 70.5 cm³/mol. The molecular weight excluding hydrogens is 272 g/mol. The largest absolute Gasteiger partial charge is 0.457 e. The number of benzene rings is 2. The number of hydrogen-bond acceptors (Lipinski definition) is 2. The van der Waals surface area contributed by atoms with E-state index in [4.69, 9.17) is 22.1 Å². The monoisotopic (exact) mass is 283 g/mol. The summed E-state index contributed by atoms with van der Waals surface area (Å²) in [5, 5.41) is 0.0128. The molecule has 0 aromatic heterocycles. The quantitative estimate of drug-likeness (QED) is 0.904. The van der Waals surface area contributed by atoms with E-state index in [1.807, 2.05) is 0 Å². The maximum Gasteiger partial charge on any atom is 0.145 e. The van der Waals surface area contributed by atoms with Gasteiger partial charge in [-0.05, 0) is 37.3 Å². The molecule has 2 aromatic rings. The summed E-state index contributed by atoms with van der Waals surface area (Å²) >= 11 is 5.59. The van der Waals surface area contributed by atoms with Crippen molar-refractivity contribution in [2.75, 3.05) is 0 Å². The first kappa shape index (κ1) is 13.8. The van der Waals surface area contributed by atoms with Gasteiger partial charge in [0.2, 0.25) is 0 Å². The van der Waals surface area contributed by atoms with Crippen LogP contribution in [0.1, 0.15) is 18.5 Å². The lowest BCUT2D eigenvalue weighted by atomic mass is 10.1. The number of nitrogens with two attached hydrogens (primary N) is 1. The third kappa shape index (κ3) is 3.22. The Morgan fingerprint density at radius 1 is 1.16 bits per heavy atom. The highest BCUT2D eigenvalue weighted by atomic mass is 35.5. The molecule has 0 aliphatic carbocycles. The van der Waals surface area contributed by atoms with E-state index in [0.29, 0.717) is 11.3 Å². The summed E-state index contributed by atoms with van der Waals surface area (Å²) in [6, 6.07) is 7.70. The second kappa shape index (κ2) is 5.55. The van der Waals surface area contributed by atoms with Gasteiger partial charge >= 0.3 is 0 Å². The molecule has 19 heavy (non-hydrogen) atoms. The van der Waals surface area contributed by atoms with Gasteiger partial charge in [0.15, 0.2) is 0 Å². The third-order valence-corrected chi connectivity index (χ3v) is 2.89. The Kier molecular flexibility index (Phi) is 4.02. The van der Waals surface area contributed by atoms with Gasteiger partial charge in [0.05, 0.1) is 5.02 Å². The minimum absolute atomic E-state index is 0.0128. The van der Waals surface area contributed by atoms with Gasteiger partial charge in [-0.2, -0.15) is 0 Å². The zero-order valence-electron chi connectivity index (χ0n) is 10.2. The van der Waals surface area contributed by atoms with Crippen molar-refractivity contribution >= 4 is 11.6 Å². The van der Waals surface area contributed by atoms with Crippen LogP contribution in [0.15, 0.2) is 36.4 Å². The van der Waals surface area contributed by atoms with E-state index in [9.17, 15) is 8.78 Å². The topological polar surface area (TPSA) is 35.2 Å². The zero-order valence-corrected chi connectivity index (χ0v) is 10.9. The standard InChI is InChI=1S/C14H12ClF2NO/c1-8(18)11-6-9(16)2-5-14(11)19-10-3-4-12(15)13(17)7-10/h2-8H,18H2,1H3. The van der Waals surface area contributed by atoms with E-state index in [-0.39, 0.29) is 10.8 Å². The van der Waals surface area contributed by atoms with Gasteiger partial charge < -0.3 is 10.5 Å². The number of ether oxygens (including phenoxy) is 1. The summed E-state index contributed by atoms with van der Waals surface area (Å²) in [4.78, 5) is 0. The Bertz CT molecular complexity index is 602. The van der Waals surface area contributed by atoms with E-state index < -0.39 is 17.7 Å². The summed E-state index contributed by atoms with van der Waals surface area (Å²) in [5.74, 6) is -0.320. The number of hydrogen-bond donors (Lipinski definition) is 1. The first-order valence-corrected chi connectivity index (χ1v) is 6.03. The summed E-state index contributed by atoms with van der Waals surface area (Å²) < 4.78 is 32.0. The molecule has 2 N–H and O–H groups in total. The summed E-state index contributed by atoms with van der Waals surface area (Å²) in [5.41, 5.74) is 6.26. The molecule has 0 amide bonds. The van der Waals surface area contributed by atoms with Gasteiger partial charge in [-0.15, -0.1) is 0 Å². The van der Waals surface area contributed by atoms with Crippen molar-refractivity contribution in [1.82, 2.24) is 0 Å².